The third kappa shape index (κ3) is 4.96. The van der Waals surface area contributed by atoms with Gasteiger partial charge >= 0.3 is 0 Å². The van der Waals surface area contributed by atoms with E-state index in [4.69, 9.17) is 0 Å². The van der Waals surface area contributed by atoms with Gasteiger partial charge in [0.05, 0.1) is 5.75 Å². The molecule has 1 heterocycles. The van der Waals surface area contributed by atoms with Crippen LogP contribution in [0.15, 0.2) is 46.7 Å². The maximum Gasteiger partial charge on any atom is 0.230 e. The van der Waals surface area contributed by atoms with Crippen molar-refractivity contribution in [2.75, 3.05) is 12.3 Å². The molecule has 1 aromatic carbocycles. The first-order valence-corrected chi connectivity index (χ1v) is 7.81. The van der Waals surface area contributed by atoms with Gasteiger partial charge in [-0.3, -0.25) is 4.79 Å². The lowest BCUT2D eigenvalue weighted by Gasteiger charge is -2.04. The van der Waals surface area contributed by atoms with Crippen LogP contribution in [0.25, 0.3) is 0 Å². The predicted molar refractivity (Wildman–Crippen MR) is 79.9 cm³/mol. The van der Waals surface area contributed by atoms with Gasteiger partial charge in [-0.2, -0.15) is 0 Å². The van der Waals surface area contributed by atoms with Crippen LogP contribution in [0, 0.1) is 0 Å². The topological polar surface area (TPSA) is 49.3 Å². The first kappa shape index (κ1) is 14.0. The molecule has 0 saturated carbocycles. The van der Waals surface area contributed by atoms with Crippen LogP contribution in [-0.2, 0) is 11.2 Å². The van der Waals surface area contributed by atoms with Gasteiger partial charge in [0.15, 0.2) is 0 Å². The molecule has 0 atom stereocenters. The third-order valence-electron chi connectivity index (χ3n) is 2.46. The molecular weight excluding hydrogens is 278 g/mol. The van der Waals surface area contributed by atoms with E-state index in [1.54, 1.807) is 29.5 Å². The molecule has 0 fully saturated rings. The Balaban J connectivity index is 1.67. The van der Waals surface area contributed by atoms with E-state index in [1.165, 1.54) is 16.6 Å². The van der Waals surface area contributed by atoms with E-state index >= 15 is 0 Å². The molecule has 0 saturated heterocycles. The SMILES string of the molecule is O=C(CSc1cccc(O)c1)NCCc1cccs1. The molecule has 2 N–H and O–H groups in total. The molecular formula is C14H15NO2S2. The fourth-order valence-corrected chi connectivity index (χ4v) is 3.04. The quantitative estimate of drug-likeness (QED) is 0.805. The van der Waals surface area contributed by atoms with Gasteiger partial charge in [-0.05, 0) is 36.1 Å². The number of rotatable bonds is 6. The van der Waals surface area contributed by atoms with Crippen molar-refractivity contribution < 1.29 is 9.90 Å². The first-order chi connectivity index (χ1) is 9.24. The largest absolute Gasteiger partial charge is 0.508 e. The number of nitrogens with one attached hydrogen (secondary N) is 1. The fraction of sp³-hybridized carbons (Fsp3) is 0.214. The second-order valence-corrected chi connectivity index (χ2v) is 6.05. The number of hydrogen-bond acceptors (Lipinski definition) is 4. The zero-order chi connectivity index (χ0) is 13.5. The number of phenols is 1. The highest BCUT2D eigenvalue weighted by atomic mass is 32.2. The van der Waals surface area contributed by atoms with Crippen LogP contribution in [0.5, 0.6) is 5.75 Å². The zero-order valence-electron chi connectivity index (χ0n) is 10.3. The number of phenolic OH excluding ortho intramolecular Hbond substituents is 1. The maximum atomic E-state index is 11.6. The Morgan fingerprint density at radius 3 is 2.95 bits per heavy atom. The van der Waals surface area contributed by atoms with Gasteiger partial charge in [-0.1, -0.05) is 12.1 Å². The predicted octanol–water partition coefficient (Wildman–Crippen LogP) is 2.90. The highest BCUT2D eigenvalue weighted by molar-refractivity contribution is 8.00. The lowest BCUT2D eigenvalue weighted by molar-refractivity contribution is -0.118. The third-order valence-corrected chi connectivity index (χ3v) is 4.39. The van der Waals surface area contributed by atoms with Crippen LogP contribution in [0.1, 0.15) is 4.88 Å². The van der Waals surface area contributed by atoms with Gasteiger partial charge in [-0.25, -0.2) is 0 Å². The van der Waals surface area contributed by atoms with Gasteiger partial charge in [0, 0.05) is 16.3 Å². The molecule has 0 aliphatic rings. The summed E-state index contributed by atoms with van der Waals surface area (Å²) in [6.45, 7) is 0.667. The summed E-state index contributed by atoms with van der Waals surface area (Å²) in [5.74, 6) is 0.612. The molecule has 5 heteroatoms. The van der Waals surface area contributed by atoms with Crippen molar-refractivity contribution in [3.8, 4) is 5.75 Å². The van der Waals surface area contributed by atoms with Crippen LogP contribution in [-0.4, -0.2) is 23.3 Å². The molecule has 0 spiro atoms. The minimum absolute atomic E-state index is 0.0184. The lowest BCUT2D eigenvalue weighted by Crippen LogP contribution is -2.27. The molecule has 0 bridgehead atoms. The summed E-state index contributed by atoms with van der Waals surface area (Å²) < 4.78 is 0. The lowest BCUT2D eigenvalue weighted by atomic mass is 10.3. The zero-order valence-corrected chi connectivity index (χ0v) is 12.0. The number of carbonyl (C=O) groups excluding carboxylic acids is 1. The van der Waals surface area contributed by atoms with Gasteiger partial charge in [0.25, 0.3) is 0 Å². The number of thiophene rings is 1. The summed E-state index contributed by atoms with van der Waals surface area (Å²) in [5.41, 5.74) is 0. The standard InChI is InChI=1S/C14H15NO2S2/c16-11-3-1-4-13(9-11)19-10-14(17)15-7-6-12-5-2-8-18-12/h1-5,8-9,16H,6-7,10H2,(H,15,17). The number of aromatic hydroxyl groups is 1. The van der Waals surface area contributed by atoms with E-state index in [0.717, 1.165) is 11.3 Å². The average molecular weight is 293 g/mol. The van der Waals surface area contributed by atoms with Crippen molar-refractivity contribution >= 4 is 29.0 Å². The molecule has 0 aliphatic heterocycles. The fourth-order valence-electron chi connectivity index (χ4n) is 1.55. The van der Waals surface area contributed by atoms with Crippen LogP contribution in [0.4, 0.5) is 0 Å². The van der Waals surface area contributed by atoms with E-state index in [0.29, 0.717) is 12.3 Å². The Kier molecular flexibility index (Phi) is 5.30. The minimum Gasteiger partial charge on any atom is -0.508 e. The van der Waals surface area contributed by atoms with Crippen molar-refractivity contribution in [2.24, 2.45) is 0 Å². The molecule has 3 nitrogen and oxygen atoms in total. The van der Waals surface area contributed by atoms with Crippen molar-refractivity contribution in [1.29, 1.82) is 0 Å². The summed E-state index contributed by atoms with van der Waals surface area (Å²) in [4.78, 5) is 13.8. The molecule has 1 aromatic heterocycles. The second kappa shape index (κ2) is 7.21. The Morgan fingerprint density at radius 2 is 2.21 bits per heavy atom. The maximum absolute atomic E-state index is 11.6. The number of carbonyl (C=O) groups is 1. The van der Waals surface area contributed by atoms with E-state index in [1.807, 2.05) is 17.5 Å². The van der Waals surface area contributed by atoms with Gasteiger partial charge in [0.2, 0.25) is 5.91 Å². The van der Waals surface area contributed by atoms with Crippen molar-refractivity contribution in [1.82, 2.24) is 5.32 Å². The first-order valence-electron chi connectivity index (χ1n) is 5.95. The van der Waals surface area contributed by atoms with Crippen molar-refractivity contribution in [3.63, 3.8) is 0 Å². The van der Waals surface area contributed by atoms with Crippen LogP contribution < -0.4 is 5.32 Å². The van der Waals surface area contributed by atoms with E-state index < -0.39 is 0 Å². The van der Waals surface area contributed by atoms with Gasteiger partial charge < -0.3 is 10.4 Å². The number of benzene rings is 1. The summed E-state index contributed by atoms with van der Waals surface area (Å²) in [6.07, 6.45) is 0.875. The summed E-state index contributed by atoms with van der Waals surface area (Å²) >= 11 is 3.12. The minimum atomic E-state index is 0.0184. The molecule has 19 heavy (non-hydrogen) atoms. The number of thioether (sulfide) groups is 1. The second-order valence-electron chi connectivity index (χ2n) is 3.97. The molecule has 0 unspecified atom stereocenters. The van der Waals surface area contributed by atoms with Crippen LogP contribution >= 0.6 is 23.1 Å². The Hall–Kier alpha value is -1.46. The van der Waals surface area contributed by atoms with E-state index in [9.17, 15) is 9.90 Å². The molecule has 1 amide bonds. The normalized spacial score (nSPS) is 10.3. The Bertz CT molecular complexity index is 526. The molecule has 2 rings (SSSR count). The van der Waals surface area contributed by atoms with Crippen LogP contribution in [0.3, 0.4) is 0 Å². The summed E-state index contributed by atoms with van der Waals surface area (Å²) in [6, 6.07) is 11.0. The monoisotopic (exact) mass is 293 g/mol. The highest BCUT2D eigenvalue weighted by Gasteiger charge is 2.03. The van der Waals surface area contributed by atoms with Gasteiger partial charge in [-0.15, -0.1) is 23.1 Å². The Morgan fingerprint density at radius 1 is 1.32 bits per heavy atom. The van der Waals surface area contributed by atoms with Gasteiger partial charge in [0.1, 0.15) is 5.75 Å². The number of hydrogen-bond donors (Lipinski definition) is 2. The average Bonchev–Trinajstić information content (AvgIpc) is 2.90. The molecule has 0 radical (unpaired) electrons. The van der Waals surface area contributed by atoms with E-state index in [-0.39, 0.29) is 11.7 Å². The van der Waals surface area contributed by atoms with Crippen molar-refractivity contribution in [3.05, 3.63) is 46.7 Å². The number of amides is 1. The highest BCUT2D eigenvalue weighted by Crippen LogP contribution is 2.21. The molecule has 0 aliphatic carbocycles. The summed E-state index contributed by atoms with van der Waals surface area (Å²) in [5, 5.41) is 14.2. The smallest absolute Gasteiger partial charge is 0.230 e. The molecule has 100 valence electrons. The van der Waals surface area contributed by atoms with Crippen LogP contribution in [0.2, 0.25) is 0 Å². The summed E-state index contributed by atoms with van der Waals surface area (Å²) in [7, 11) is 0. The van der Waals surface area contributed by atoms with E-state index in [2.05, 4.69) is 11.4 Å². The Labute approximate surface area is 120 Å². The molecule has 2 aromatic rings. The van der Waals surface area contributed by atoms with Crippen molar-refractivity contribution in [2.45, 2.75) is 11.3 Å².